The SMILES string of the molecule is COc1ccc(CC(CC(N)C(=O)O)C(=O)O)c(C)c1F. The average Bonchev–Trinajstić information content (AvgIpc) is 2.42. The van der Waals surface area contributed by atoms with Crippen LogP contribution in [0.3, 0.4) is 0 Å². The first-order valence-electron chi connectivity index (χ1n) is 6.31. The topological polar surface area (TPSA) is 110 Å². The maximum absolute atomic E-state index is 13.9. The molecule has 0 aliphatic carbocycles. The van der Waals surface area contributed by atoms with E-state index in [2.05, 4.69) is 0 Å². The fourth-order valence-corrected chi connectivity index (χ4v) is 2.02. The lowest BCUT2D eigenvalue weighted by atomic mass is 9.91. The standard InChI is InChI=1S/C14H18FNO5/c1-7-8(3-4-11(21-2)12(7)15)5-9(13(17)18)6-10(16)14(19)20/h3-4,9-10H,5-6,16H2,1-2H3,(H,17,18)(H,19,20). The highest BCUT2D eigenvalue weighted by Crippen LogP contribution is 2.25. The van der Waals surface area contributed by atoms with Crippen molar-refractivity contribution in [2.24, 2.45) is 11.7 Å². The van der Waals surface area contributed by atoms with Gasteiger partial charge in [-0.15, -0.1) is 0 Å². The first kappa shape index (κ1) is 16.9. The zero-order valence-corrected chi connectivity index (χ0v) is 11.8. The molecule has 2 atom stereocenters. The highest BCUT2D eigenvalue weighted by atomic mass is 19.1. The summed E-state index contributed by atoms with van der Waals surface area (Å²) in [6.45, 7) is 1.52. The van der Waals surface area contributed by atoms with Gasteiger partial charge in [-0.05, 0) is 37.0 Å². The summed E-state index contributed by atoms with van der Waals surface area (Å²) >= 11 is 0. The zero-order chi connectivity index (χ0) is 16.2. The number of hydrogen-bond donors (Lipinski definition) is 3. The number of nitrogens with two attached hydrogens (primary N) is 1. The van der Waals surface area contributed by atoms with Gasteiger partial charge in [-0.3, -0.25) is 9.59 Å². The quantitative estimate of drug-likeness (QED) is 0.697. The largest absolute Gasteiger partial charge is 0.494 e. The van der Waals surface area contributed by atoms with Crippen LogP contribution in [0.4, 0.5) is 4.39 Å². The van der Waals surface area contributed by atoms with Crippen LogP contribution < -0.4 is 10.5 Å². The highest BCUT2D eigenvalue weighted by molar-refractivity contribution is 5.76. The van der Waals surface area contributed by atoms with Gasteiger partial charge < -0.3 is 20.7 Å². The number of methoxy groups -OCH3 is 1. The molecule has 1 aromatic rings. The van der Waals surface area contributed by atoms with Gasteiger partial charge in [0.1, 0.15) is 6.04 Å². The minimum absolute atomic E-state index is 0.00304. The molecular formula is C14H18FNO5. The molecule has 4 N–H and O–H groups in total. The summed E-state index contributed by atoms with van der Waals surface area (Å²) in [4.78, 5) is 21.9. The molecule has 7 heteroatoms. The Morgan fingerprint density at radius 2 is 1.95 bits per heavy atom. The Labute approximate surface area is 121 Å². The van der Waals surface area contributed by atoms with Gasteiger partial charge in [0.05, 0.1) is 13.0 Å². The number of hydrogen-bond acceptors (Lipinski definition) is 4. The number of ether oxygens (including phenoxy) is 1. The number of benzene rings is 1. The van der Waals surface area contributed by atoms with Crippen LogP contribution >= 0.6 is 0 Å². The van der Waals surface area contributed by atoms with E-state index in [1.54, 1.807) is 6.07 Å². The summed E-state index contributed by atoms with van der Waals surface area (Å²) < 4.78 is 18.8. The molecule has 1 aromatic carbocycles. The molecule has 116 valence electrons. The predicted octanol–water partition coefficient (Wildman–Crippen LogP) is 1.19. The summed E-state index contributed by atoms with van der Waals surface area (Å²) in [5.41, 5.74) is 6.13. The molecule has 0 aliphatic heterocycles. The second kappa shape index (κ2) is 7.03. The minimum Gasteiger partial charge on any atom is -0.494 e. The molecule has 0 aromatic heterocycles. The zero-order valence-electron chi connectivity index (χ0n) is 11.8. The van der Waals surface area contributed by atoms with Gasteiger partial charge in [0, 0.05) is 0 Å². The molecule has 2 unspecified atom stereocenters. The Balaban J connectivity index is 2.97. The van der Waals surface area contributed by atoms with Gasteiger partial charge in [0.2, 0.25) is 0 Å². The van der Waals surface area contributed by atoms with Crippen molar-refractivity contribution in [2.45, 2.75) is 25.8 Å². The van der Waals surface area contributed by atoms with Crippen molar-refractivity contribution in [3.63, 3.8) is 0 Å². The molecule has 21 heavy (non-hydrogen) atoms. The van der Waals surface area contributed by atoms with E-state index in [-0.39, 0.29) is 24.2 Å². The number of carboxylic acid groups (broad SMARTS) is 2. The average molecular weight is 299 g/mol. The maximum Gasteiger partial charge on any atom is 0.320 e. The van der Waals surface area contributed by atoms with Crippen LogP contribution in [0, 0.1) is 18.7 Å². The highest BCUT2D eigenvalue weighted by Gasteiger charge is 2.25. The summed E-state index contributed by atoms with van der Waals surface area (Å²) in [6.07, 6.45) is -0.221. The molecule has 0 bridgehead atoms. The van der Waals surface area contributed by atoms with Gasteiger partial charge in [-0.1, -0.05) is 6.07 Å². The van der Waals surface area contributed by atoms with E-state index < -0.39 is 29.7 Å². The van der Waals surface area contributed by atoms with E-state index in [0.29, 0.717) is 5.56 Å². The molecule has 0 saturated heterocycles. The number of carboxylic acids is 2. The van der Waals surface area contributed by atoms with Crippen molar-refractivity contribution in [3.8, 4) is 5.75 Å². The molecule has 0 radical (unpaired) electrons. The van der Waals surface area contributed by atoms with Crippen LogP contribution in [0.15, 0.2) is 12.1 Å². The number of aliphatic carboxylic acids is 2. The van der Waals surface area contributed by atoms with Crippen LogP contribution in [0.2, 0.25) is 0 Å². The molecule has 0 aliphatic rings. The summed E-state index contributed by atoms with van der Waals surface area (Å²) in [6, 6.07) is 1.71. The summed E-state index contributed by atoms with van der Waals surface area (Å²) in [5, 5.41) is 17.9. The number of rotatable bonds is 7. The van der Waals surface area contributed by atoms with Crippen molar-refractivity contribution in [1.29, 1.82) is 0 Å². The second-order valence-electron chi connectivity index (χ2n) is 4.79. The Morgan fingerprint density at radius 1 is 1.33 bits per heavy atom. The third kappa shape index (κ3) is 4.16. The fourth-order valence-electron chi connectivity index (χ4n) is 2.02. The van der Waals surface area contributed by atoms with Gasteiger partial charge in [-0.25, -0.2) is 4.39 Å². The van der Waals surface area contributed by atoms with Gasteiger partial charge in [0.15, 0.2) is 11.6 Å². The van der Waals surface area contributed by atoms with Crippen LogP contribution in [-0.2, 0) is 16.0 Å². The molecule has 0 spiro atoms. The third-order valence-corrected chi connectivity index (χ3v) is 3.35. The van der Waals surface area contributed by atoms with Gasteiger partial charge in [0.25, 0.3) is 0 Å². The van der Waals surface area contributed by atoms with Gasteiger partial charge in [-0.2, -0.15) is 0 Å². The van der Waals surface area contributed by atoms with E-state index in [1.165, 1.54) is 20.1 Å². The normalized spacial score (nSPS) is 13.5. The Bertz CT molecular complexity index is 546. The van der Waals surface area contributed by atoms with Crippen LogP contribution in [-0.4, -0.2) is 35.3 Å². The molecule has 1 rings (SSSR count). The van der Waals surface area contributed by atoms with E-state index >= 15 is 0 Å². The molecule has 0 heterocycles. The lowest BCUT2D eigenvalue weighted by molar-refractivity contribution is -0.143. The molecule has 0 fully saturated rings. The first-order valence-corrected chi connectivity index (χ1v) is 6.31. The lowest BCUT2D eigenvalue weighted by Crippen LogP contribution is -2.35. The molecule has 0 amide bonds. The van der Waals surface area contributed by atoms with E-state index in [1.807, 2.05) is 0 Å². The monoisotopic (exact) mass is 299 g/mol. The van der Waals surface area contributed by atoms with Gasteiger partial charge >= 0.3 is 11.9 Å². The van der Waals surface area contributed by atoms with Crippen molar-refractivity contribution < 1.29 is 28.9 Å². The van der Waals surface area contributed by atoms with Crippen molar-refractivity contribution in [2.75, 3.05) is 7.11 Å². The van der Waals surface area contributed by atoms with Crippen molar-refractivity contribution in [3.05, 3.63) is 29.1 Å². The Kier molecular flexibility index (Phi) is 5.66. The van der Waals surface area contributed by atoms with E-state index in [9.17, 15) is 14.0 Å². The van der Waals surface area contributed by atoms with Crippen LogP contribution in [0.1, 0.15) is 17.5 Å². The smallest absolute Gasteiger partial charge is 0.320 e. The van der Waals surface area contributed by atoms with E-state index in [0.717, 1.165) is 0 Å². The minimum atomic E-state index is -1.27. The molecular weight excluding hydrogens is 281 g/mol. The molecule has 6 nitrogen and oxygen atoms in total. The Morgan fingerprint density at radius 3 is 2.43 bits per heavy atom. The summed E-state index contributed by atoms with van der Waals surface area (Å²) in [7, 11) is 1.34. The Hall–Kier alpha value is -2.15. The maximum atomic E-state index is 13.9. The van der Waals surface area contributed by atoms with E-state index in [4.69, 9.17) is 20.7 Å². The number of halogens is 1. The second-order valence-corrected chi connectivity index (χ2v) is 4.79. The van der Waals surface area contributed by atoms with Crippen LogP contribution in [0.5, 0.6) is 5.75 Å². The van der Waals surface area contributed by atoms with Crippen molar-refractivity contribution in [1.82, 2.24) is 0 Å². The van der Waals surface area contributed by atoms with Crippen molar-refractivity contribution >= 4 is 11.9 Å². The van der Waals surface area contributed by atoms with Crippen LogP contribution in [0.25, 0.3) is 0 Å². The fraction of sp³-hybridized carbons (Fsp3) is 0.429. The molecule has 0 saturated carbocycles. The lowest BCUT2D eigenvalue weighted by Gasteiger charge is -2.17. The summed E-state index contributed by atoms with van der Waals surface area (Å²) in [5.74, 6) is -3.91. The predicted molar refractivity (Wildman–Crippen MR) is 72.7 cm³/mol. The number of carbonyl (C=O) groups is 2. The first-order chi connectivity index (χ1) is 9.77. The third-order valence-electron chi connectivity index (χ3n) is 3.35.